The van der Waals surface area contributed by atoms with Crippen LogP contribution in [0.15, 0.2) is 54.6 Å². The normalized spacial score (nSPS) is 16.8. The zero-order valence-corrected chi connectivity index (χ0v) is 43.5. The molecule has 0 aromatic heterocycles. The molecule has 2 aliphatic heterocycles. The first-order valence-electron chi connectivity index (χ1n) is 24.7. The van der Waals surface area contributed by atoms with Gasteiger partial charge in [0.15, 0.2) is 6.10 Å². The molecule has 4 N–H and O–H groups in total. The number of carbonyl (C=O) groups excluding carboxylic acids is 6. The lowest BCUT2D eigenvalue weighted by Gasteiger charge is -2.27. The van der Waals surface area contributed by atoms with Crippen molar-refractivity contribution in [2.45, 2.75) is 110 Å². The minimum absolute atomic E-state index is 0.00353. The van der Waals surface area contributed by atoms with Gasteiger partial charge in [-0.25, -0.2) is 9.59 Å². The average Bonchev–Trinajstić information content (AvgIpc) is 4.10. The van der Waals surface area contributed by atoms with Gasteiger partial charge in [-0.15, -0.1) is 5.06 Å². The summed E-state index contributed by atoms with van der Waals surface area (Å²) in [6.07, 6.45) is 3.50. The lowest BCUT2D eigenvalue weighted by molar-refractivity contribution is -0.198. The third kappa shape index (κ3) is 21.9. The van der Waals surface area contributed by atoms with Crippen molar-refractivity contribution in [3.8, 4) is 5.75 Å². The summed E-state index contributed by atoms with van der Waals surface area (Å²) in [6, 6.07) is 12.3. The molecule has 2 aromatic carbocycles. The van der Waals surface area contributed by atoms with Crippen LogP contribution in [-0.4, -0.2) is 143 Å². The molecule has 4 rings (SSSR count). The number of nitrogens with one attached hydrogen (secondary N) is 3. The maximum atomic E-state index is 13.6. The molecule has 0 bridgehead atoms. The second-order valence-corrected chi connectivity index (χ2v) is 19.2. The molecule has 2 aromatic rings. The van der Waals surface area contributed by atoms with Gasteiger partial charge in [0.25, 0.3) is 11.8 Å². The number of allylic oxidation sites excluding steroid dienone is 1. The number of ether oxygens (including phenoxy) is 7. The number of carboxylic acids is 1. The molecule has 2 aliphatic rings. The summed E-state index contributed by atoms with van der Waals surface area (Å²) in [5.41, 5.74) is 1.62. The lowest BCUT2D eigenvalue weighted by Crippen LogP contribution is -2.51. The third-order valence-corrected chi connectivity index (χ3v) is 12.0. The molecule has 0 saturated carbocycles. The Hall–Kier alpha value is -5.48. The van der Waals surface area contributed by atoms with Crippen molar-refractivity contribution in [3.63, 3.8) is 0 Å². The van der Waals surface area contributed by atoms with Crippen LogP contribution in [-0.2, 0) is 79.8 Å². The van der Waals surface area contributed by atoms with Gasteiger partial charge in [0.1, 0.15) is 17.9 Å². The molecular weight excluding hydrogens is 972 g/mol. The quantitative estimate of drug-likeness (QED) is 0.0234. The minimum Gasteiger partial charge on any atom is -0.495 e. The number of aliphatic carboxylic acids is 1. The van der Waals surface area contributed by atoms with Crippen LogP contribution in [0.1, 0.15) is 95.9 Å². The summed E-state index contributed by atoms with van der Waals surface area (Å²) < 4.78 is 38.6. The Bertz CT molecular complexity index is 2140. The monoisotopic (exact) mass is 1040 g/mol. The van der Waals surface area contributed by atoms with E-state index < -0.39 is 59.1 Å². The van der Waals surface area contributed by atoms with Crippen molar-refractivity contribution in [1.82, 2.24) is 21.0 Å². The summed E-state index contributed by atoms with van der Waals surface area (Å²) in [5, 5.41) is 19.3. The largest absolute Gasteiger partial charge is 0.495 e. The van der Waals surface area contributed by atoms with Crippen LogP contribution in [0.25, 0.3) is 0 Å². The maximum Gasteiger partial charge on any atom is 0.345 e. The van der Waals surface area contributed by atoms with E-state index in [9.17, 15) is 38.7 Å². The minimum atomic E-state index is -1.32. The Labute approximate surface area is 432 Å². The van der Waals surface area contributed by atoms with Crippen LogP contribution in [0.5, 0.6) is 5.75 Å². The number of hydroxylamine groups is 2. The van der Waals surface area contributed by atoms with Gasteiger partial charge in [-0.3, -0.25) is 24.0 Å². The average molecular weight is 1050 g/mol. The van der Waals surface area contributed by atoms with Gasteiger partial charge >= 0.3 is 17.9 Å². The summed E-state index contributed by atoms with van der Waals surface area (Å²) in [6.45, 7) is 12.9. The van der Waals surface area contributed by atoms with Crippen molar-refractivity contribution in [2.24, 2.45) is 17.3 Å². The first kappa shape index (κ1) is 60.1. The lowest BCUT2D eigenvalue weighted by atomic mass is 9.93. The molecule has 20 nitrogen and oxygen atoms in total. The highest BCUT2D eigenvalue weighted by molar-refractivity contribution is 6.32. The molecule has 73 heavy (non-hydrogen) atoms. The Morgan fingerprint density at radius 3 is 2.10 bits per heavy atom. The van der Waals surface area contributed by atoms with E-state index in [4.69, 9.17) is 49.6 Å². The fraction of sp³-hybridized carbons (Fsp3) is 0.596. The molecule has 2 unspecified atom stereocenters. The number of carbonyl (C=O) groups is 7. The smallest absolute Gasteiger partial charge is 0.345 e. The molecule has 404 valence electrons. The number of carboxylic acid groups (broad SMARTS) is 1. The van der Waals surface area contributed by atoms with Crippen molar-refractivity contribution in [3.05, 3.63) is 76.3 Å². The highest BCUT2D eigenvalue weighted by Crippen LogP contribution is 2.44. The van der Waals surface area contributed by atoms with E-state index in [1.54, 1.807) is 38.1 Å². The van der Waals surface area contributed by atoms with Crippen LogP contribution >= 0.6 is 11.6 Å². The van der Waals surface area contributed by atoms with Gasteiger partial charge in [0.2, 0.25) is 11.8 Å². The molecule has 0 aliphatic carbocycles. The second kappa shape index (κ2) is 31.3. The summed E-state index contributed by atoms with van der Waals surface area (Å²) in [7, 11) is 1.49. The molecule has 2 heterocycles. The van der Waals surface area contributed by atoms with E-state index in [2.05, 4.69) is 47.1 Å². The molecule has 21 heteroatoms. The molecule has 0 spiro atoms. The zero-order valence-electron chi connectivity index (χ0n) is 42.8. The first-order valence-corrected chi connectivity index (χ1v) is 25.1. The number of hydrogen-bond acceptors (Lipinski definition) is 16. The van der Waals surface area contributed by atoms with Crippen molar-refractivity contribution in [2.75, 3.05) is 73.1 Å². The van der Waals surface area contributed by atoms with Crippen LogP contribution in [0.2, 0.25) is 5.02 Å². The van der Waals surface area contributed by atoms with Gasteiger partial charge in [0.05, 0.1) is 82.9 Å². The zero-order chi connectivity index (χ0) is 53.3. The highest BCUT2D eigenvalue weighted by Gasteiger charge is 2.43. The number of halogens is 1. The standard InChI is InChI=1S/C52H73ClN4O16/c1-34(2)29-42(50(63)64)71-51(65)52(4,5)33-55-49(62)40(31-37-13-16-41(66-6)39(53)30-37)56-43(58)10-8-7-9-35(3)47-48(72-47)38-14-11-36(12-15-38)32-54-20-22-68-24-26-70-28-27-69-25-23-67-21-19-46(61)73-57-44(59)17-18-45(57)60/h8,10-16,30,34-35,40,42,47-48,54H,7,9,17-29,31-33H2,1-6H3,(H,55,62)(H,56,58)(H,63,64)/b10-8+/t35-,40+,42-,47?,48?/m0/s1. The van der Waals surface area contributed by atoms with E-state index >= 15 is 0 Å². The van der Waals surface area contributed by atoms with Gasteiger partial charge in [0, 0.05) is 38.9 Å². The Morgan fingerprint density at radius 2 is 1.49 bits per heavy atom. The predicted molar refractivity (Wildman–Crippen MR) is 266 cm³/mol. The molecule has 2 fully saturated rings. The number of hydrogen-bond donors (Lipinski definition) is 4. The Morgan fingerprint density at radius 1 is 0.877 bits per heavy atom. The number of nitrogens with zero attached hydrogens (tertiary/aromatic N) is 1. The molecular formula is C52H73ClN4O16. The van der Waals surface area contributed by atoms with E-state index in [1.165, 1.54) is 13.2 Å². The molecule has 4 amide bonds. The van der Waals surface area contributed by atoms with Gasteiger partial charge in [-0.1, -0.05) is 68.8 Å². The number of methoxy groups -OCH3 is 1. The predicted octanol–water partition coefficient (Wildman–Crippen LogP) is 4.83. The van der Waals surface area contributed by atoms with Crippen LogP contribution < -0.4 is 20.7 Å². The van der Waals surface area contributed by atoms with Crippen molar-refractivity contribution >= 4 is 53.1 Å². The highest BCUT2D eigenvalue weighted by atomic mass is 35.5. The van der Waals surface area contributed by atoms with E-state index in [-0.39, 0.29) is 75.9 Å². The van der Waals surface area contributed by atoms with Gasteiger partial charge < -0.3 is 59.1 Å². The summed E-state index contributed by atoms with van der Waals surface area (Å²) in [5.74, 6) is -4.15. The van der Waals surface area contributed by atoms with Crippen LogP contribution in [0.3, 0.4) is 0 Å². The topological polar surface area (TPSA) is 256 Å². The van der Waals surface area contributed by atoms with E-state index in [0.29, 0.717) is 80.6 Å². The number of rotatable bonds is 36. The Balaban J connectivity index is 1.07. The van der Waals surface area contributed by atoms with E-state index in [0.717, 1.165) is 17.5 Å². The first-order chi connectivity index (χ1) is 34.9. The number of esters is 1. The summed E-state index contributed by atoms with van der Waals surface area (Å²) >= 11 is 6.36. The van der Waals surface area contributed by atoms with Crippen molar-refractivity contribution in [1.29, 1.82) is 0 Å². The summed E-state index contributed by atoms with van der Waals surface area (Å²) in [4.78, 5) is 91.0. The number of imide groups is 1. The van der Waals surface area contributed by atoms with E-state index in [1.807, 2.05) is 13.8 Å². The van der Waals surface area contributed by atoms with Crippen molar-refractivity contribution < 1.29 is 76.7 Å². The third-order valence-electron chi connectivity index (χ3n) is 11.7. The second-order valence-electron chi connectivity index (χ2n) is 18.8. The maximum absolute atomic E-state index is 13.6. The number of benzene rings is 2. The molecule has 5 atom stereocenters. The van der Waals surface area contributed by atoms with Crippen LogP contribution in [0.4, 0.5) is 0 Å². The molecule has 0 radical (unpaired) electrons. The Kier molecular flexibility index (Phi) is 25.8. The number of amides is 4. The SMILES string of the molecule is COc1ccc(C[C@@H](NC(=O)/C=C/CC[C@H](C)C2OC2c2ccc(CNCCOCCOCCOCCOCCC(=O)ON3C(=O)CCC3=O)cc2)C(=O)NCC(C)(C)C(=O)O[C@@H](CC(C)C)C(=O)O)cc1Cl. The fourth-order valence-corrected chi connectivity index (χ4v) is 7.66. The number of epoxide rings is 1. The fourth-order valence-electron chi connectivity index (χ4n) is 7.38. The molecule has 2 saturated heterocycles. The van der Waals surface area contributed by atoms with Gasteiger partial charge in [-0.05, 0) is 79.8 Å². The van der Waals surface area contributed by atoms with Crippen LogP contribution in [0, 0.1) is 17.3 Å². The van der Waals surface area contributed by atoms with Gasteiger partial charge in [-0.2, -0.15) is 0 Å².